The van der Waals surface area contributed by atoms with Gasteiger partial charge in [0.05, 0.1) is 0 Å². The Kier molecular flexibility index (Phi) is 3.30. The zero-order chi connectivity index (χ0) is 13.9. The van der Waals surface area contributed by atoms with Crippen molar-refractivity contribution in [3.05, 3.63) is 71.8 Å². The molecule has 100 valence electrons. The van der Waals surface area contributed by atoms with Gasteiger partial charge in [-0.05, 0) is 59.0 Å². The van der Waals surface area contributed by atoms with Crippen LogP contribution in [0.3, 0.4) is 0 Å². The summed E-state index contributed by atoms with van der Waals surface area (Å²) < 4.78 is 0. The topological polar surface area (TPSA) is 40.5 Å². The normalized spacial score (nSPS) is 10.8. The predicted molar refractivity (Wildman–Crippen MR) is 81.1 cm³/mol. The fourth-order valence-electron chi connectivity index (χ4n) is 2.55. The van der Waals surface area contributed by atoms with Gasteiger partial charge in [-0.2, -0.15) is 0 Å². The molecule has 3 aromatic carbocycles. The van der Waals surface area contributed by atoms with E-state index in [-0.39, 0.29) is 11.5 Å². The number of rotatable bonds is 3. The SMILES string of the molecule is Oc1ccc2c(CCc3ccccc3)cc(O)cc2c1. The number of aryl methyl sites for hydroxylation is 2. The van der Waals surface area contributed by atoms with Crippen molar-refractivity contribution in [1.82, 2.24) is 0 Å². The summed E-state index contributed by atoms with van der Waals surface area (Å²) in [4.78, 5) is 0. The molecule has 3 rings (SSSR count). The largest absolute Gasteiger partial charge is 0.508 e. The third-order valence-corrected chi connectivity index (χ3v) is 3.53. The molecular weight excluding hydrogens is 248 g/mol. The minimum Gasteiger partial charge on any atom is -0.508 e. The van der Waals surface area contributed by atoms with E-state index in [1.165, 1.54) is 5.56 Å². The molecule has 2 heteroatoms. The highest BCUT2D eigenvalue weighted by atomic mass is 16.3. The minimum atomic E-state index is 0.220. The van der Waals surface area contributed by atoms with Crippen LogP contribution in [0.5, 0.6) is 11.5 Å². The lowest BCUT2D eigenvalue weighted by molar-refractivity contribution is 0.474. The first-order valence-corrected chi connectivity index (χ1v) is 6.71. The number of fused-ring (bicyclic) bond motifs is 1. The molecule has 0 atom stereocenters. The van der Waals surface area contributed by atoms with E-state index >= 15 is 0 Å². The Labute approximate surface area is 117 Å². The average molecular weight is 264 g/mol. The molecule has 0 aliphatic heterocycles. The van der Waals surface area contributed by atoms with Gasteiger partial charge in [-0.15, -0.1) is 0 Å². The van der Waals surface area contributed by atoms with Gasteiger partial charge in [0.2, 0.25) is 0 Å². The second-order valence-corrected chi connectivity index (χ2v) is 5.00. The summed E-state index contributed by atoms with van der Waals surface area (Å²) in [5.74, 6) is 0.461. The van der Waals surface area contributed by atoms with Gasteiger partial charge >= 0.3 is 0 Å². The second kappa shape index (κ2) is 5.25. The van der Waals surface area contributed by atoms with Gasteiger partial charge in [-0.1, -0.05) is 36.4 Å². The van der Waals surface area contributed by atoms with Crippen LogP contribution in [-0.4, -0.2) is 10.2 Å². The van der Waals surface area contributed by atoms with Crippen molar-refractivity contribution in [3.8, 4) is 11.5 Å². The van der Waals surface area contributed by atoms with Crippen LogP contribution in [0, 0.1) is 0 Å². The Hall–Kier alpha value is -2.48. The highest BCUT2D eigenvalue weighted by Gasteiger charge is 2.05. The molecule has 0 spiro atoms. The van der Waals surface area contributed by atoms with Crippen LogP contribution in [0.4, 0.5) is 0 Å². The van der Waals surface area contributed by atoms with Crippen LogP contribution in [0.1, 0.15) is 11.1 Å². The van der Waals surface area contributed by atoms with E-state index < -0.39 is 0 Å². The second-order valence-electron chi connectivity index (χ2n) is 5.00. The summed E-state index contributed by atoms with van der Waals surface area (Å²) in [6, 6.07) is 19.1. The zero-order valence-corrected chi connectivity index (χ0v) is 11.1. The molecule has 0 fully saturated rings. The van der Waals surface area contributed by atoms with Crippen molar-refractivity contribution in [2.45, 2.75) is 12.8 Å². The molecule has 0 radical (unpaired) electrons. The Morgan fingerprint density at radius 2 is 1.45 bits per heavy atom. The smallest absolute Gasteiger partial charge is 0.116 e. The molecule has 0 saturated carbocycles. The Morgan fingerprint density at radius 1 is 0.700 bits per heavy atom. The van der Waals surface area contributed by atoms with Gasteiger partial charge < -0.3 is 10.2 Å². The number of aromatic hydroxyl groups is 2. The highest BCUT2D eigenvalue weighted by Crippen LogP contribution is 2.28. The van der Waals surface area contributed by atoms with Crippen molar-refractivity contribution in [3.63, 3.8) is 0 Å². The molecule has 2 nitrogen and oxygen atoms in total. The molecule has 0 saturated heterocycles. The quantitative estimate of drug-likeness (QED) is 0.749. The number of phenolic OH excluding ortho intramolecular Hbond substituents is 2. The molecule has 0 aromatic heterocycles. The molecule has 0 aliphatic rings. The Morgan fingerprint density at radius 3 is 2.25 bits per heavy atom. The maximum Gasteiger partial charge on any atom is 0.116 e. The molecule has 0 bridgehead atoms. The van der Waals surface area contributed by atoms with Crippen LogP contribution >= 0.6 is 0 Å². The molecule has 0 amide bonds. The summed E-state index contributed by atoms with van der Waals surface area (Å²) in [6.45, 7) is 0. The van der Waals surface area contributed by atoms with Crippen LogP contribution in [0.15, 0.2) is 60.7 Å². The zero-order valence-electron chi connectivity index (χ0n) is 11.1. The van der Waals surface area contributed by atoms with Crippen molar-refractivity contribution < 1.29 is 10.2 Å². The molecule has 3 aromatic rings. The van der Waals surface area contributed by atoms with Crippen molar-refractivity contribution >= 4 is 10.8 Å². The van der Waals surface area contributed by atoms with E-state index in [1.807, 2.05) is 30.3 Å². The lowest BCUT2D eigenvalue weighted by Gasteiger charge is -2.08. The Balaban J connectivity index is 1.94. The number of benzene rings is 3. The van der Waals surface area contributed by atoms with Crippen LogP contribution in [0.25, 0.3) is 10.8 Å². The van der Waals surface area contributed by atoms with Crippen molar-refractivity contribution in [2.75, 3.05) is 0 Å². The average Bonchev–Trinajstić information content (AvgIpc) is 2.45. The molecule has 0 unspecified atom stereocenters. The van der Waals surface area contributed by atoms with Gasteiger partial charge in [-0.25, -0.2) is 0 Å². The van der Waals surface area contributed by atoms with E-state index in [1.54, 1.807) is 18.2 Å². The lowest BCUT2D eigenvalue weighted by atomic mass is 9.98. The van der Waals surface area contributed by atoms with Crippen LogP contribution in [-0.2, 0) is 12.8 Å². The summed E-state index contributed by atoms with van der Waals surface area (Å²) in [7, 11) is 0. The van der Waals surface area contributed by atoms with Crippen molar-refractivity contribution in [1.29, 1.82) is 0 Å². The van der Waals surface area contributed by atoms with E-state index in [9.17, 15) is 10.2 Å². The molecule has 20 heavy (non-hydrogen) atoms. The molecule has 0 aliphatic carbocycles. The van der Waals surface area contributed by atoms with E-state index in [4.69, 9.17) is 0 Å². The van der Waals surface area contributed by atoms with Crippen LogP contribution < -0.4 is 0 Å². The summed E-state index contributed by atoms with van der Waals surface area (Å²) >= 11 is 0. The molecule has 2 N–H and O–H groups in total. The fraction of sp³-hybridized carbons (Fsp3) is 0.111. The summed E-state index contributed by atoms with van der Waals surface area (Å²) in [6.07, 6.45) is 1.79. The predicted octanol–water partition coefficient (Wildman–Crippen LogP) is 4.04. The van der Waals surface area contributed by atoms with Gasteiger partial charge in [0.15, 0.2) is 0 Å². The first-order valence-electron chi connectivity index (χ1n) is 6.71. The van der Waals surface area contributed by atoms with Crippen molar-refractivity contribution in [2.24, 2.45) is 0 Å². The van der Waals surface area contributed by atoms with E-state index in [0.717, 1.165) is 29.2 Å². The molecular formula is C18H16O2. The fourth-order valence-corrected chi connectivity index (χ4v) is 2.55. The minimum absolute atomic E-state index is 0.220. The first kappa shape index (κ1) is 12.5. The molecule has 0 heterocycles. The maximum absolute atomic E-state index is 9.82. The third kappa shape index (κ3) is 2.59. The lowest BCUT2D eigenvalue weighted by Crippen LogP contribution is -1.92. The van der Waals surface area contributed by atoms with Gasteiger partial charge in [0.25, 0.3) is 0 Å². The van der Waals surface area contributed by atoms with Gasteiger partial charge in [-0.3, -0.25) is 0 Å². The summed E-state index contributed by atoms with van der Waals surface area (Å²) in [5, 5.41) is 21.3. The monoisotopic (exact) mass is 264 g/mol. The van der Waals surface area contributed by atoms with E-state index in [0.29, 0.717) is 0 Å². The maximum atomic E-state index is 9.82. The Bertz CT molecular complexity index is 728. The highest BCUT2D eigenvalue weighted by molar-refractivity contribution is 5.88. The van der Waals surface area contributed by atoms with Crippen LogP contribution in [0.2, 0.25) is 0 Å². The number of hydrogen-bond acceptors (Lipinski definition) is 2. The number of phenols is 2. The van der Waals surface area contributed by atoms with Gasteiger partial charge in [0.1, 0.15) is 11.5 Å². The third-order valence-electron chi connectivity index (χ3n) is 3.53. The standard InChI is InChI=1S/C18H16O2/c19-16-8-9-18-14(10-17(20)12-15(18)11-16)7-6-13-4-2-1-3-5-13/h1-5,8-12,19-20H,6-7H2. The van der Waals surface area contributed by atoms with E-state index in [2.05, 4.69) is 12.1 Å². The van der Waals surface area contributed by atoms with Gasteiger partial charge in [0, 0.05) is 0 Å². The first-order chi connectivity index (χ1) is 9.72. The summed E-state index contributed by atoms with van der Waals surface area (Å²) in [5.41, 5.74) is 2.38. The number of hydrogen-bond donors (Lipinski definition) is 2.